The number of hydrogen-bond acceptors (Lipinski definition) is 3. The van der Waals surface area contributed by atoms with E-state index >= 15 is 0 Å². The van der Waals surface area contributed by atoms with Gasteiger partial charge in [0.15, 0.2) is 11.5 Å². The Morgan fingerprint density at radius 2 is 2.35 bits per heavy atom. The molecular weight excluding hydrogens is 214 g/mol. The zero-order chi connectivity index (χ0) is 11.7. The predicted molar refractivity (Wildman–Crippen MR) is 65.0 cm³/mol. The van der Waals surface area contributed by atoms with E-state index in [1.54, 1.807) is 0 Å². The van der Waals surface area contributed by atoms with Crippen molar-refractivity contribution in [3.05, 3.63) is 29.7 Å². The molecule has 1 aliphatic rings. The Morgan fingerprint density at radius 3 is 3.18 bits per heavy atom. The summed E-state index contributed by atoms with van der Waals surface area (Å²) in [6.45, 7) is 2.95. The molecule has 1 unspecified atom stereocenters. The monoisotopic (exact) mass is 231 g/mol. The van der Waals surface area contributed by atoms with Gasteiger partial charge in [-0.1, -0.05) is 6.07 Å². The number of aromatic nitrogens is 3. The molecule has 0 N–H and O–H groups in total. The van der Waals surface area contributed by atoms with Gasteiger partial charge in [0.25, 0.3) is 0 Å². The zero-order valence-electron chi connectivity index (χ0n) is 10.1. The molecule has 3 rings (SSSR count). The van der Waals surface area contributed by atoms with E-state index in [1.807, 2.05) is 16.8 Å². The van der Waals surface area contributed by atoms with Crippen molar-refractivity contribution < 1.29 is 4.74 Å². The van der Waals surface area contributed by atoms with Gasteiger partial charge in [0.05, 0.1) is 6.10 Å². The number of ether oxygens (including phenoxy) is 1. The Balaban J connectivity index is 1.80. The Bertz CT molecular complexity index is 514. The SMILES string of the molecule is Cc1ccc2nc(CC3CCCCO3)nn2c1. The molecule has 17 heavy (non-hydrogen) atoms. The van der Waals surface area contributed by atoms with Crippen molar-refractivity contribution >= 4 is 5.65 Å². The van der Waals surface area contributed by atoms with Crippen molar-refractivity contribution in [2.24, 2.45) is 0 Å². The van der Waals surface area contributed by atoms with Crippen LogP contribution < -0.4 is 0 Å². The predicted octanol–water partition coefficient (Wildman–Crippen LogP) is 2.15. The van der Waals surface area contributed by atoms with Crippen molar-refractivity contribution in [2.45, 2.75) is 38.7 Å². The minimum absolute atomic E-state index is 0.308. The largest absolute Gasteiger partial charge is 0.378 e. The lowest BCUT2D eigenvalue weighted by Crippen LogP contribution is -2.21. The maximum Gasteiger partial charge on any atom is 0.155 e. The highest BCUT2D eigenvalue weighted by molar-refractivity contribution is 5.38. The Kier molecular flexibility index (Phi) is 2.81. The van der Waals surface area contributed by atoms with E-state index in [9.17, 15) is 0 Å². The van der Waals surface area contributed by atoms with Crippen LogP contribution in [0, 0.1) is 6.92 Å². The van der Waals surface area contributed by atoms with Gasteiger partial charge in [0, 0.05) is 19.2 Å². The maximum absolute atomic E-state index is 5.71. The summed E-state index contributed by atoms with van der Waals surface area (Å²) >= 11 is 0. The van der Waals surface area contributed by atoms with Crippen LogP contribution >= 0.6 is 0 Å². The molecule has 3 heterocycles. The van der Waals surface area contributed by atoms with Crippen LogP contribution in [-0.4, -0.2) is 27.3 Å². The number of pyridine rings is 1. The van der Waals surface area contributed by atoms with Crippen LogP contribution in [0.1, 0.15) is 30.7 Å². The van der Waals surface area contributed by atoms with Crippen LogP contribution in [0.5, 0.6) is 0 Å². The second-order valence-corrected chi connectivity index (χ2v) is 4.73. The van der Waals surface area contributed by atoms with E-state index in [1.165, 1.54) is 18.4 Å². The first-order valence-corrected chi connectivity index (χ1v) is 6.25. The second kappa shape index (κ2) is 4.45. The molecule has 4 nitrogen and oxygen atoms in total. The average molecular weight is 231 g/mol. The Hall–Kier alpha value is -1.42. The number of nitrogens with zero attached hydrogens (tertiary/aromatic N) is 3. The molecule has 1 aliphatic heterocycles. The third-order valence-electron chi connectivity index (χ3n) is 3.21. The van der Waals surface area contributed by atoms with Gasteiger partial charge in [-0.2, -0.15) is 5.10 Å². The summed E-state index contributed by atoms with van der Waals surface area (Å²) in [7, 11) is 0. The van der Waals surface area contributed by atoms with Crippen LogP contribution in [0.3, 0.4) is 0 Å². The number of rotatable bonds is 2. The third kappa shape index (κ3) is 2.31. The first kappa shape index (κ1) is 10.7. The molecule has 0 aromatic carbocycles. The molecule has 2 aromatic rings. The lowest BCUT2D eigenvalue weighted by Gasteiger charge is -2.20. The van der Waals surface area contributed by atoms with Gasteiger partial charge >= 0.3 is 0 Å². The third-order valence-corrected chi connectivity index (χ3v) is 3.21. The second-order valence-electron chi connectivity index (χ2n) is 4.73. The highest BCUT2D eigenvalue weighted by Gasteiger charge is 2.16. The number of aryl methyl sites for hydroxylation is 1. The zero-order valence-corrected chi connectivity index (χ0v) is 10.1. The fraction of sp³-hybridized carbons (Fsp3) is 0.538. The van der Waals surface area contributed by atoms with Gasteiger partial charge < -0.3 is 4.74 Å². The molecule has 90 valence electrons. The molecule has 0 saturated carbocycles. The van der Waals surface area contributed by atoms with Gasteiger partial charge in [-0.3, -0.25) is 0 Å². The summed E-state index contributed by atoms with van der Waals surface area (Å²) in [5, 5.41) is 4.49. The van der Waals surface area contributed by atoms with E-state index in [0.29, 0.717) is 6.10 Å². The molecule has 4 heteroatoms. The topological polar surface area (TPSA) is 39.4 Å². The van der Waals surface area contributed by atoms with Gasteiger partial charge in [-0.05, 0) is 37.8 Å². The Labute approximate surface area is 101 Å². The maximum atomic E-state index is 5.71. The van der Waals surface area contributed by atoms with Gasteiger partial charge in [-0.15, -0.1) is 0 Å². The van der Waals surface area contributed by atoms with Gasteiger partial charge in [0.1, 0.15) is 0 Å². The first-order chi connectivity index (χ1) is 8.31. The molecular formula is C13H17N3O. The fourth-order valence-corrected chi connectivity index (χ4v) is 2.29. The molecule has 1 atom stereocenters. The molecule has 0 spiro atoms. The van der Waals surface area contributed by atoms with E-state index < -0.39 is 0 Å². The van der Waals surface area contributed by atoms with Crippen molar-refractivity contribution in [3.63, 3.8) is 0 Å². The Morgan fingerprint density at radius 1 is 1.41 bits per heavy atom. The van der Waals surface area contributed by atoms with E-state index in [4.69, 9.17) is 4.74 Å². The van der Waals surface area contributed by atoms with Crippen LogP contribution in [0.15, 0.2) is 18.3 Å². The molecule has 0 amide bonds. The molecule has 1 saturated heterocycles. The van der Waals surface area contributed by atoms with Crippen LogP contribution in [0.2, 0.25) is 0 Å². The highest BCUT2D eigenvalue weighted by Crippen LogP contribution is 2.16. The normalized spacial score (nSPS) is 20.9. The summed E-state index contributed by atoms with van der Waals surface area (Å²) in [5.74, 6) is 0.891. The fourth-order valence-electron chi connectivity index (χ4n) is 2.29. The lowest BCUT2D eigenvalue weighted by atomic mass is 10.1. The van der Waals surface area contributed by atoms with Crippen molar-refractivity contribution in [1.29, 1.82) is 0 Å². The highest BCUT2D eigenvalue weighted by atomic mass is 16.5. The van der Waals surface area contributed by atoms with E-state index in [2.05, 4.69) is 23.1 Å². The minimum Gasteiger partial charge on any atom is -0.378 e. The molecule has 2 aromatic heterocycles. The van der Waals surface area contributed by atoms with Crippen LogP contribution in [0.25, 0.3) is 5.65 Å². The first-order valence-electron chi connectivity index (χ1n) is 6.25. The summed E-state index contributed by atoms with van der Waals surface area (Å²) in [6.07, 6.45) is 6.73. The van der Waals surface area contributed by atoms with Gasteiger partial charge in [-0.25, -0.2) is 9.50 Å². The smallest absolute Gasteiger partial charge is 0.155 e. The van der Waals surface area contributed by atoms with Gasteiger partial charge in [0.2, 0.25) is 0 Å². The average Bonchev–Trinajstić information content (AvgIpc) is 2.71. The standard InChI is InChI=1S/C13H17N3O/c1-10-5-6-13-14-12(15-16(13)9-10)8-11-4-2-3-7-17-11/h5-6,9,11H,2-4,7-8H2,1H3. The summed E-state index contributed by atoms with van der Waals surface area (Å²) in [4.78, 5) is 4.52. The molecule has 1 fully saturated rings. The summed E-state index contributed by atoms with van der Waals surface area (Å²) in [5.41, 5.74) is 2.12. The summed E-state index contributed by atoms with van der Waals surface area (Å²) < 4.78 is 7.57. The molecule has 0 radical (unpaired) electrons. The van der Waals surface area contributed by atoms with Crippen LogP contribution in [-0.2, 0) is 11.2 Å². The minimum atomic E-state index is 0.308. The van der Waals surface area contributed by atoms with Crippen molar-refractivity contribution in [3.8, 4) is 0 Å². The molecule has 0 aliphatic carbocycles. The number of fused-ring (bicyclic) bond motifs is 1. The van der Waals surface area contributed by atoms with E-state index in [0.717, 1.165) is 30.9 Å². The number of hydrogen-bond donors (Lipinski definition) is 0. The van der Waals surface area contributed by atoms with Crippen molar-refractivity contribution in [2.75, 3.05) is 6.61 Å². The van der Waals surface area contributed by atoms with Crippen LogP contribution in [0.4, 0.5) is 0 Å². The van der Waals surface area contributed by atoms with E-state index in [-0.39, 0.29) is 0 Å². The quantitative estimate of drug-likeness (QED) is 0.795. The lowest BCUT2D eigenvalue weighted by molar-refractivity contribution is 0.0157. The van der Waals surface area contributed by atoms with Crippen molar-refractivity contribution in [1.82, 2.24) is 14.6 Å². The molecule has 0 bridgehead atoms. The summed E-state index contributed by atoms with van der Waals surface area (Å²) in [6, 6.07) is 4.07.